The van der Waals surface area contributed by atoms with Gasteiger partial charge in [-0.05, 0) is 66.6 Å². The van der Waals surface area contributed by atoms with Crippen LogP contribution in [-0.4, -0.2) is 34.3 Å². The second kappa shape index (κ2) is 11.5. The number of ether oxygens (including phenoxy) is 1. The minimum atomic E-state index is -0.888. The van der Waals surface area contributed by atoms with E-state index < -0.39 is 17.7 Å². The number of benzene rings is 2. The Morgan fingerprint density at radius 3 is 2.46 bits per heavy atom. The number of hydrogen-bond donors (Lipinski definition) is 2. The van der Waals surface area contributed by atoms with Crippen LogP contribution in [0.2, 0.25) is 0 Å². The first kappa shape index (κ1) is 25.6. The fourth-order valence-corrected chi connectivity index (χ4v) is 4.30. The molecule has 1 unspecified atom stereocenters. The molecule has 1 aromatic heterocycles. The van der Waals surface area contributed by atoms with Crippen LogP contribution in [0.1, 0.15) is 50.3 Å². The van der Waals surface area contributed by atoms with E-state index in [4.69, 9.17) is 4.74 Å². The Morgan fingerprint density at radius 1 is 1.05 bits per heavy atom. The first-order chi connectivity index (χ1) is 17.9. The van der Waals surface area contributed by atoms with Crippen molar-refractivity contribution in [1.29, 1.82) is 0 Å². The zero-order chi connectivity index (χ0) is 26.4. The normalized spacial score (nSPS) is 16.6. The number of unbranched alkanes of at least 4 members (excludes halogenated alkanes) is 2. The summed E-state index contributed by atoms with van der Waals surface area (Å²) in [5, 5.41) is 14.0. The minimum Gasteiger partial charge on any atom is -0.507 e. The van der Waals surface area contributed by atoms with Gasteiger partial charge >= 0.3 is 0 Å². The molecule has 0 saturated carbocycles. The molecule has 0 radical (unpaired) electrons. The molecule has 1 atom stereocenters. The molecular formula is C29H29N3O5. The highest BCUT2D eigenvalue weighted by Crippen LogP contribution is 2.42. The lowest BCUT2D eigenvalue weighted by Gasteiger charge is -2.25. The van der Waals surface area contributed by atoms with Crippen LogP contribution in [0.5, 0.6) is 5.75 Å². The van der Waals surface area contributed by atoms with E-state index in [0.29, 0.717) is 34.9 Å². The second-order valence-electron chi connectivity index (χ2n) is 8.76. The molecule has 0 aliphatic carbocycles. The molecule has 1 aliphatic heterocycles. The van der Waals surface area contributed by atoms with Crippen LogP contribution in [0.3, 0.4) is 0 Å². The van der Waals surface area contributed by atoms with Crippen molar-refractivity contribution in [3.05, 3.63) is 89.8 Å². The summed E-state index contributed by atoms with van der Waals surface area (Å²) in [7, 11) is 0. The molecule has 2 amide bonds. The molecule has 0 bridgehead atoms. The molecule has 1 fully saturated rings. The number of amides is 2. The molecule has 1 saturated heterocycles. The van der Waals surface area contributed by atoms with Gasteiger partial charge in [-0.3, -0.25) is 24.3 Å². The maximum absolute atomic E-state index is 13.3. The molecule has 190 valence electrons. The highest BCUT2D eigenvalue weighted by atomic mass is 16.5. The smallest absolute Gasteiger partial charge is 0.300 e. The molecular weight excluding hydrogens is 470 g/mol. The third-order valence-electron chi connectivity index (χ3n) is 6.06. The highest BCUT2D eigenvalue weighted by Gasteiger charge is 2.47. The van der Waals surface area contributed by atoms with Crippen LogP contribution >= 0.6 is 0 Å². The van der Waals surface area contributed by atoms with Crippen LogP contribution < -0.4 is 15.0 Å². The third-order valence-corrected chi connectivity index (χ3v) is 6.06. The SMILES string of the molecule is CCCCCOc1ccc(/C(O)=C2\C(=O)C(=O)N(c3cccc(NC(C)=O)c3)C2c2ccncc2)cc1. The number of aliphatic hydroxyl groups excluding tert-OH is 1. The van der Waals surface area contributed by atoms with Gasteiger partial charge in [0.25, 0.3) is 11.7 Å². The largest absolute Gasteiger partial charge is 0.507 e. The van der Waals surface area contributed by atoms with Crippen LogP contribution in [-0.2, 0) is 14.4 Å². The fourth-order valence-electron chi connectivity index (χ4n) is 4.30. The Labute approximate surface area is 215 Å². The van der Waals surface area contributed by atoms with E-state index in [1.165, 1.54) is 11.8 Å². The van der Waals surface area contributed by atoms with Crippen LogP contribution in [0, 0.1) is 0 Å². The number of nitrogens with zero attached hydrogens (tertiary/aromatic N) is 2. The Balaban J connectivity index is 1.74. The van der Waals surface area contributed by atoms with Crippen molar-refractivity contribution in [1.82, 2.24) is 4.98 Å². The van der Waals surface area contributed by atoms with Gasteiger partial charge in [0, 0.05) is 36.3 Å². The topological polar surface area (TPSA) is 109 Å². The van der Waals surface area contributed by atoms with Crippen molar-refractivity contribution in [3.63, 3.8) is 0 Å². The number of rotatable bonds is 9. The first-order valence-corrected chi connectivity index (χ1v) is 12.2. The number of anilines is 2. The average Bonchev–Trinajstić information content (AvgIpc) is 3.17. The van der Waals surface area contributed by atoms with E-state index in [2.05, 4.69) is 17.2 Å². The van der Waals surface area contributed by atoms with Crippen molar-refractivity contribution in [3.8, 4) is 5.75 Å². The maximum atomic E-state index is 13.3. The lowest BCUT2D eigenvalue weighted by Crippen LogP contribution is -2.29. The lowest BCUT2D eigenvalue weighted by molar-refractivity contribution is -0.132. The number of pyridine rings is 1. The maximum Gasteiger partial charge on any atom is 0.300 e. The monoisotopic (exact) mass is 499 g/mol. The Morgan fingerprint density at radius 2 is 1.78 bits per heavy atom. The first-order valence-electron chi connectivity index (χ1n) is 12.2. The number of Topliss-reactive ketones (excluding diaryl/α,β-unsaturated/α-hetero) is 1. The van der Waals surface area contributed by atoms with E-state index in [0.717, 1.165) is 19.3 Å². The van der Waals surface area contributed by atoms with Gasteiger partial charge in [-0.25, -0.2) is 0 Å². The third kappa shape index (κ3) is 5.69. The molecule has 2 heterocycles. The standard InChI is InChI=1S/C29H29N3O5/c1-3-4-5-17-37-24-11-9-21(10-12-24)27(34)25-26(20-13-15-30-16-14-20)32(29(36)28(25)35)23-8-6-7-22(18-23)31-19(2)33/h6-16,18,26,34H,3-5,17H2,1-2H3,(H,31,33)/b27-25+. The van der Waals surface area contributed by atoms with E-state index in [1.807, 2.05) is 0 Å². The minimum absolute atomic E-state index is 0.0299. The van der Waals surface area contributed by atoms with Crippen LogP contribution in [0.25, 0.3) is 5.76 Å². The number of ketones is 1. The predicted octanol–water partition coefficient (Wildman–Crippen LogP) is 5.24. The molecule has 1 aliphatic rings. The van der Waals surface area contributed by atoms with Crippen molar-refractivity contribution in [2.24, 2.45) is 0 Å². The Kier molecular flexibility index (Phi) is 7.98. The number of carbonyl (C=O) groups is 3. The molecule has 2 aromatic carbocycles. The molecule has 8 nitrogen and oxygen atoms in total. The molecule has 3 aromatic rings. The van der Waals surface area contributed by atoms with Crippen LogP contribution in [0.15, 0.2) is 78.6 Å². The van der Waals surface area contributed by atoms with Gasteiger partial charge in [-0.15, -0.1) is 0 Å². The zero-order valence-corrected chi connectivity index (χ0v) is 20.8. The van der Waals surface area contributed by atoms with Gasteiger partial charge in [-0.1, -0.05) is 25.8 Å². The van der Waals surface area contributed by atoms with Crippen molar-refractivity contribution in [2.75, 3.05) is 16.8 Å². The summed E-state index contributed by atoms with van der Waals surface area (Å²) in [6.07, 6.45) is 6.27. The molecule has 37 heavy (non-hydrogen) atoms. The predicted molar refractivity (Wildman–Crippen MR) is 141 cm³/mol. The van der Waals surface area contributed by atoms with Crippen LogP contribution in [0.4, 0.5) is 11.4 Å². The van der Waals surface area contributed by atoms with Crippen molar-refractivity contribution < 1.29 is 24.2 Å². The highest BCUT2D eigenvalue weighted by molar-refractivity contribution is 6.51. The van der Waals surface area contributed by atoms with Gasteiger partial charge in [-0.2, -0.15) is 0 Å². The number of aromatic nitrogens is 1. The van der Waals surface area contributed by atoms with Crippen molar-refractivity contribution in [2.45, 2.75) is 39.2 Å². The van der Waals surface area contributed by atoms with E-state index >= 15 is 0 Å². The quantitative estimate of drug-likeness (QED) is 0.180. The Bertz CT molecular complexity index is 1320. The van der Waals surface area contributed by atoms with Crippen molar-refractivity contribution >= 4 is 34.7 Å². The summed E-state index contributed by atoms with van der Waals surface area (Å²) in [5.74, 6) is -1.46. The summed E-state index contributed by atoms with van der Waals surface area (Å²) in [6, 6.07) is 16.0. The summed E-state index contributed by atoms with van der Waals surface area (Å²) in [6.45, 7) is 4.11. The summed E-state index contributed by atoms with van der Waals surface area (Å²) < 4.78 is 5.75. The van der Waals surface area contributed by atoms with Gasteiger partial charge in [0.2, 0.25) is 5.91 Å². The van der Waals surface area contributed by atoms with Gasteiger partial charge < -0.3 is 15.2 Å². The lowest BCUT2D eigenvalue weighted by atomic mass is 9.95. The molecule has 0 spiro atoms. The fraction of sp³-hybridized carbons (Fsp3) is 0.241. The molecule has 4 rings (SSSR count). The average molecular weight is 500 g/mol. The Hall–Kier alpha value is -4.46. The second-order valence-corrected chi connectivity index (χ2v) is 8.76. The molecule has 8 heteroatoms. The zero-order valence-electron chi connectivity index (χ0n) is 20.8. The number of hydrogen-bond acceptors (Lipinski definition) is 6. The number of aliphatic hydroxyl groups is 1. The van der Waals surface area contributed by atoms with E-state index in [9.17, 15) is 19.5 Å². The number of carbonyl (C=O) groups excluding carboxylic acids is 3. The summed E-state index contributed by atoms with van der Waals surface area (Å²) in [4.78, 5) is 43.5. The molecule has 2 N–H and O–H groups in total. The summed E-state index contributed by atoms with van der Waals surface area (Å²) in [5.41, 5.74) is 1.86. The summed E-state index contributed by atoms with van der Waals surface area (Å²) >= 11 is 0. The van der Waals surface area contributed by atoms with Gasteiger partial charge in [0.15, 0.2) is 0 Å². The number of nitrogens with one attached hydrogen (secondary N) is 1. The van der Waals surface area contributed by atoms with E-state index in [-0.39, 0.29) is 17.2 Å². The van der Waals surface area contributed by atoms with Gasteiger partial charge in [0.1, 0.15) is 11.5 Å². The van der Waals surface area contributed by atoms with Gasteiger partial charge in [0.05, 0.1) is 18.2 Å². The van der Waals surface area contributed by atoms with E-state index in [1.54, 1.807) is 73.1 Å².